The lowest BCUT2D eigenvalue weighted by Gasteiger charge is -2.13. The van der Waals surface area contributed by atoms with Crippen molar-refractivity contribution in [3.63, 3.8) is 0 Å². The predicted molar refractivity (Wildman–Crippen MR) is 113 cm³/mol. The summed E-state index contributed by atoms with van der Waals surface area (Å²) in [6.45, 7) is 0.421. The molecule has 4 rings (SSSR count). The molecule has 0 spiro atoms. The van der Waals surface area contributed by atoms with Gasteiger partial charge in [0.05, 0.1) is 17.5 Å². The molecule has 29 heavy (non-hydrogen) atoms. The van der Waals surface area contributed by atoms with E-state index in [0.29, 0.717) is 21.4 Å². The van der Waals surface area contributed by atoms with Crippen LogP contribution in [0.5, 0.6) is 5.75 Å². The van der Waals surface area contributed by atoms with Gasteiger partial charge in [0.25, 0.3) is 5.56 Å². The SMILES string of the molecule is O=C(O)c1csc2nc(-c3ccccc3)n(CCOc3ccc(Cl)cc3)c(=O)c12. The normalized spacial score (nSPS) is 10.9. The number of benzene rings is 2. The molecule has 0 radical (unpaired) electrons. The zero-order chi connectivity index (χ0) is 20.4. The summed E-state index contributed by atoms with van der Waals surface area (Å²) < 4.78 is 7.19. The molecule has 0 unspecified atom stereocenters. The van der Waals surface area contributed by atoms with E-state index < -0.39 is 11.5 Å². The van der Waals surface area contributed by atoms with E-state index in [-0.39, 0.29) is 24.1 Å². The second-order valence-corrected chi connectivity index (χ2v) is 7.49. The lowest BCUT2D eigenvalue weighted by atomic mass is 10.2. The van der Waals surface area contributed by atoms with Gasteiger partial charge in [-0.2, -0.15) is 0 Å². The minimum absolute atomic E-state index is 0.0329. The Morgan fingerprint density at radius 3 is 2.55 bits per heavy atom. The van der Waals surface area contributed by atoms with Crippen LogP contribution in [0, 0.1) is 0 Å². The van der Waals surface area contributed by atoms with Gasteiger partial charge in [-0.05, 0) is 24.3 Å². The van der Waals surface area contributed by atoms with Gasteiger partial charge in [0, 0.05) is 16.0 Å². The van der Waals surface area contributed by atoms with E-state index in [2.05, 4.69) is 4.98 Å². The molecular weight excluding hydrogens is 412 g/mol. The maximum Gasteiger partial charge on any atom is 0.337 e. The van der Waals surface area contributed by atoms with Gasteiger partial charge in [0.1, 0.15) is 23.0 Å². The van der Waals surface area contributed by atoms with E-state index in [4.69, 9.17) is 16.3 Å². The number of thiophene rings is 1. The van der Waals surface area contributed by atoms with Crippen LogP contribution < -0.4 is 10.3 Å². The van der Waals surface area contributed by atoms with Gasteiger partial charge in [-0.15, -0.1) is 11.3 Å². The number of ether oxygens (including phenoxy) is 1. The summed E-state index contributed by atoms with van der Waals surface area (Å²) >= 11 is 7.03. The second kappa shape index (κ2) is 8.06. The van der Waals surface area contributed by atoms with Crippen molar-refractivity contribution in [3.05, 3.63) is 80.9 Å². The Kier molecular flexibility index (Phi) is 5.33. The van der Waals surface area contributed by atoms with Crippen molar-refractivity contribution in [3.8, 4) is 17.1 Å². The molecule has 2 aromatic heterocycles. The Labute approximate surface area is 174 Å². The number of hydrogen-bond donors (Lipinski definition) is 1. The minimum Gasteiger partial charge on any atom is -0.492 e. The Morgan fingerprint density at radius 2 is 1.86 bits per heavy atom. The molecule has 0 aliphatic rings. The topological polar surface area (TPSA) is 81.4 Å². The average Bonchev–Trinajstić information content (AvgIpc) is 3.16. The maximum atomic E-state index is 13.2. The molecule has 0 amide bonds. The average molecular weight is 427 g/mol. The summed E-state index contributed by atoms with van der Waals surface area (Å²) in [5.41, 5.74) is 0.338. The fourth-order valence-corrected chi connectivity index (χ4v) is 4.01. The van der Waals surface area contributed by atoms with Crippen LogP contribution >= 0.6 is 22.9 Å². The Morgan fingerprint density at radius 1 is 1.14 bits per heavy atom. The molecule has 0 saturated heterocycles. The second-order valence-electron chi connectivity index (χ2n) is 6.20. The first-order chi connectivity index (χ1) is 14.0. The number of halogens is 1. The molecule has 4 aromatic rings. The largest absolute Gasteiger partial charge is 0.492 e. The first-order valence-corrected chi connectivity index (χ1v) is 9.99. The van der Waals surface area contributed by atoms with Crippen LogP contribution in [-0.4, -0.2) is 27.2 Å². The Balaban J connectivity index is 1.75. The first kappa shape index (κ1) is 19.2. The van der Waals surface area contributed by atoms with E-state index in [0.717, 1.165) is 16.9 Å². The molecule has 2 heterocycles. The molecule has 0 aliphatic carbocycles. The summed E-state index contributed by atoms with van der Waals surface area (Å²) in [5.74, 6) is -0.0484. The van der Waals surface area contributed by atoms with Gasteiger partial charge in [-0.3, -0.25) is 9.36 Å². The highest BCUT2D eigenvalue weighted by molar-refractivity contribution is 7.17. The van der Waals surface area contributed by atoms with Gasteiger partial charge in [-0.25, -0.2) is 9.78 Å². The quantitative estimate of drug-likeness (QED) is 0.489. The van der Waals surface area contributed by atoms with Crippen molar-refractivity contribution in [1.29, 1.82) is 0 Å². The van der Waals surface area contributed by atoms with Gasteiger partial charge in [0.15, 0.2) is 0 Å². The third kappa shape index (κ3) is 3.87. The molecule has 0 aliphatic heterocycles. The third-order valence-electron chi connectivity index (χ3n) is 4.35. The van der Waals surface area contributed by atoms with Crippen LogP contribution in [0.1, 0.15) is 10.4 Å². The number of nitrogens with zero attached hydrogens (tertiary/aromatic N) is 2. The van der Waals surface area contributed by atoms with E-state index in [1.165, 1.54) is 9.95 Å². The van der Waals surface area contributed by atoms with Gasteiger partial charge in [0.2, 0.25) is 0 Å². The maximum absolute atomic E-state index is 13.2. The molecule has 0 bridgehead atoms. The van der Waals surface area contributed by atoms with Crippen molar-refractivity contribution in [2.24, 2.45) is 0 Å². The summed E-state index contributed by atoms with van der Waals surface area (Å²) in [7, 11) is 0. The number of carboxylic acid groups (broad SMARTS) is 1. The van der Waals surface area contributed by atoms with Gasteiger partial charge >= 0.3 is 5.97 Å². The van der Waals surface area contributed by atoms with Crippen LogP contribution in [0.3, 0.4) is 0 Å². The Bertz CT molecular complexity index is 1230. The fraction of sp³-hybridized carbons (Fsp3) is 0.0952. The van der Waals surface area contributed by atoms with Crippen molar-refractivity contribution < 1.29 is 14.6 Å². The first-order valence-electron chi connectivity index (χ1n) is 8.73. The van der Waals surface area contributed by atoms with Crippen LogP contribution in [0.4, 0.5) is 0 Å². The van der Waals surface area contributed by atoms with E-state index in [1.807, 2.05) is 30.3 Å². The number of aromatic carboxylic acids is 1. The molecule has 2 aromatic carbocycles. The highest BCUT2D eigenvalue weighted by Gasteiger charge is 2.20. The van der Waals surface area contributed by atoms with Crippen LogP contribution in [-0.2, 0) is 6.54 Å². The van der Waals surface area contributed by atoms with Gasteiger partial charge < -0.3 is 9.84 Å². The number of aromatic nitrogens is 2. The summed E-state index contributed by atoms with van der Waals surface area (Å²) in [4.78, 5) is 29.7. The number of fused-ring (bicyclic) bond motifs is 1. The molecule has 0 fully saturated rings. The number of carboxylic acids is 1. The van der Waals surface area contributed by atoms with E-state index in [9.17, 15) is 14.7 Å². The molecule has 0 saturated carbocycles. The molecule has 146 valence electrons. The van der Waals surface area contributed by atoms with Crippen molar-refractivity contribution in [2.75, 3.05) is 6.61 Å². The predicted octanol–water partition coefficient (Wildman–Crippen LogP) is 4.56. The molecule has 1 N–H and O–H groups in total. The van der Waals surface area contributed by atoms with Crippen molar-refractivity contribution in [1.82, 2.24) is 9.55 Å². The van der Waals surface area contributed by atoms with Crippen molar-refractivity contribution in [2.45, 2.75) is 6.54 Å². The molecular formula is C21H15ClN2O4S. The standard InChI is InChI=1S/C21H15ClN2O4S/c22-14-6-8-15(9-7-14)28-11-10-24-18(13-4-2-1-3-5-13)23-19-17(20(24)25)16(12-29-19)21(26)27/h1-9,12H,10-11H2,(H,26,27). The summed E-state index contributed by atoms with van der Waals surface area (Å²) in [6, 6.07) is 16.2. The van der Waals surface area contributed by atoms with Crippen LogP contribution in [0.15, 0.2) is 64.8 Å². The molecule has 8 heteroatoms. The van der Waals surface area contributed by atoms with Gasteiger partial charge in [-0.1, -0.05) is 41.9 Å². The minimum atomic E-state index is -1.15. The molecule has 0 atom stereocenters. The smallest absolute Gasteiger partial charge is 0.337 e. The monoisotopic (exact) mass is 426 g/mol. The zero-order valence-electron chi connectivity index (χ0n) is 15.0. The number of carbonyl (C=O) groups is 1. The molecule has 6 nitrogen and oxygen atoms in total. The van der Waals surface area contributed by atoms with Crippen LogP contribution in [0.2, 0.25) is 5.02 Å². The Hall–Kier alpha value is -3.16. The van der Waals surface area contributed by atoms with Crippen LogP contribution in [0.25, 0.3) is 21.6 Å². The third-order valence-corrected chi connectivity index (χ3v) is 5.48. The highest BCUT2D eigenvalue weighted by atomic mass is 35.5. The number of rotatable bonds is 6. The zero-order valence-corrected chi connectivity index (χ0v) is 16.6. The summed E-state index contributed by atoms with van der Waals surface area (Å²) in [6.07, 6.45) is 0. The fourth-order valence-electron chi connectivity index (χ4n) is 2.98. The number of hydrogen-bond acceptors (Lipinski definition) is 5. The van der Waals surface area contributed by atoms with E-state index in [1.54, 1.807) is 24.3 Å². The lowest BCUT2D eigenvalue weighted by Crippen LogP contribution is -2.26. The van der Waals surface area contributed by atoms with E-state index >= 15 is 0 Å². The lowest BCUT2D eigenvalue weighted by molar-refractivity contribution is 0.0699. The van der Waals surface area contributed by atoms with Crippen molar-refractivity contribution >= 4 is 39.1 Å². The summed E-state index contributed by atoms with van der Waals surface area (Å²) in [5, 5.41) is 11.6. The highest BCUT2D eigenvalue weighted by Crippen LogP contribution is 2.25.